The summed E-state index contributed by atoms with van der Waals surface area (Å²) < 4.78 is 22.3. The van der Waals surface area contributed by atoms with Crippen LogP contribution >= 0.6 is 40.1 Å². The van der Waals surface area contributed by atoms with Gasteiger partial charge >= 0.3 is 8.25 Å². The highest BCUT2D eigenvalue weighted by molar-refractivity contribution is 9.10. The van der Waals surface area contributed by atoms with Gasteiger partial charge < -0.3 is 10.2 Å². The number of aliphatic hydroxyl groups excluding tert-OH is 2. The fourth-order valence-corrected chi connectivity index (χ4v) is 2.83. The van der Waals surface area contributed by atoms with Crippen LogP contribution < -0.4 is 0 Å². The summed E-state index contributed by atoms with van der Waals surface area (Å²) in [6.45, 7) is 0. The van der Waals surface area contributed by atoms with Crippen LogP contribution in [0, 0.1) is 0 Å². The SMILES string of the molecule is O=[PH](OC(O)c1cccc(Br)n1)OC(O)c1cccc(Br)n1. The summed E-state index contributed by atoms with van der Waals surface area (Å²) in [5, 5.41) is 19.6. The fourth-order valence-electron chi connectivity index (χ4n) is 1.45. The molecule has 2 heterocycles. The Balaban J connectivity index is 1.95. The highest BCUT2D eigenvalue weighted by Crippen LogP contribution is 2.36. The van der Waals surface area contributed by atoms with Crippen LogP contribution in [0.4, 0.5) is 0 Å². The Kier molecular flexibility index (Phi) is 6.64. The topological polar surface area (TPSA) is 102 Å². The smallest absolute Gasteiger partial charge is 0.324 e. The van der Waals surface area contributed by atoms with Crippen LogP contribution in [0.1, 0.15) is 24.0 Å². The zero-order chi connectivity index (χ0) is 16.1. The maximum Gasteiger partial charge on any atom is 0.324 e. The standard InChI is InChI=1S/C12H11Br2N2O5P/c13-9-5-1-3-7(15-9)11(17)20-22(19)21-12(18)8-4-2-6-10(14)16-8/h1-6,11-12,17-18,22H. The molecule has 118 valence electrons. The minimum absolute atomic E-state index is 0.159. The van der Waals surface area contributed by atoms with Gasteiger partial charge in [-0.05, 0) is 56.1 Å². The summed E-state index contributed by atoms with van der Waals surface area (Å²) >= 11 is 6.29. The summed E-state index contributed by atoms with van der Waals surface area (Å²) in [6, 6.07) is 9.60. The third-order valence-corrected chi connectivity index (χ3v) is 4.11. The first-order chi connectivity index (χ1) is 10.5. The second-order valence-electron chi connectivity index (χ2n) is 3.96. The van der Waals surface area contributed by atoms with E-state index in [9.17, 15) is 14.8 Å². The lowest BCUT2D eigenvalue weighted by Gasteiger charge is -2.14. The van der Waals surface area contributed by atoms with E-state index in [0.29, 0.717) is 9.21 Å². The normalized spacial score (nSPS) is 15.3. The van der Waals surface area contributed by atoms with E-state index in [-0.39, 0.29) is 11.4 Å². The average molecular weight is 454 g/mol. The minimum atomic E-state index is -3.17. The molecule has 22 heavy (non-hydrogen) atoms. The van der Waals surface area contributed by atoms with Crippen LogP contribution in [0.15, 0.2) is 45.6 Å². The van der Waals surface area contributed by atoms with Gasteiger partial charge in [-0.15, -0.1) is 0 Å². The molecule has 0 spiro atoms. The Bertz CT molecular complexity index is 620. The molecule has 10 heteroatoms. The van der Waals surface area contributed by atoms with Gasteiger partial charge in [-0.1, -0.05) is 12.1 Å². The lowest BCUT2D eigenvalue weighted by molar-refractivity contribution is -0.0651. The molecule has 2 N–H and O–H groups in total. The molecule has 0 saturated carbocycles. The van der Waals surface area contributed by atoms with Crippen molar-refractivity contribution in [3.8, 4) is 0 Å². The molecule has 2 unspecified atom stereocenters. The number of rotatable bonds is 6. The van der Waals surface area contributed by atoms with Crippen LogP contribution in [0.25, 0.3) is 0 Å². The van der Waals surface area contributed by atoms with Crippen molar-refractivity contribution >= 4 is 40.1 Å². The monoisotopic (exact) mass is 452 g/mol. The van der Waals surface area contributed by atoms with Crippen molar-refractivity contribution in [2.45, 2.75) is 12.6 Å². The molecule has 0 radical (unpaired) electrons. The fraction of sp³-hybridized carbons (Fsp3) is 0.167. The van der Waals surface area contributed by atoms with Crippen molar-refractivity contribution in [2.24, 2.45) is 0 Å². The van der Waals surface area contributed by atoms with E-state index in [1.807, 2.05) is 0 Å². The molecule has 0 amide bonds. The van der Waals surface area contributed by atoms with E-state index in [4.69, 9.17) is 9.05 Å². The van der Waals surface area contributed by atoms with Crippen LogP contribution in [-0.2, 0) is 13.6 Å². The number of pyridine rings is 2. The van der Waals surface area contributed by atoms with Crippen molar-refractivity contribution in [1.29, 1.82) is 0 Å². The Morgan fingerprint density at radius 2 is 1.32 bits per heavy atom. The molecule has 2 rings (SSSR count). The Morgan fingerprint density at radius 1 is 0.909 bits per heavy atom. The molecule has 2 atom stereocenters. The summed E-state index contributed by atoms with van der Waals surface area (Å²) in [7, 11) is -3.17. The molecular weight excluding hydrogens is 443 g/mol. The van der Waals surface area contributed by atoms with Crippen molar-refractivity contribution in [2.75, 3.05) is 0 Å². The lowest BCUT2D eigenvalue weighted by atomic mass is 10.3. The molecule has 0 aliphatic rings. The lowest BCUT2D eigenvalue weighted by Crippen LogP contribution is -2.05. The van der Waals surface area contributed by atoms with Crippen LogP contribution in [0.5, 0.6) is 0 Å². The van der Waals surface area contributed by atoms with E-state index in [2.05, 4.69) is 41.8 Å². The molecule has 0 saturated heterocycles. The van der Waals surface area contributed by atoms with E-state index < -0.39 is 20.8 Å². The highest BCUT2D eigenvalue weighted by atomic mass is 79.9. The van der Waals surface area contributed by atoms with Crippen LogP contribution in [0.3, 0.4) is 0 Å². The maximum atomic E-state index is 11.7. The first-order valence-electron chi connectivity index (χ1n) is 5.94. The summed E-state index contributed by atoms with van der Waals surface area (Å²) in [5.74, 6) is 0. The van der Waals surface area contributed by atoms with Gasteiger partial charge in [-0.2, -0.15) is 0 Å². The summed E-state index contributed by atoms with van der Waals surface area (Å²) in [6.07, 6.45) is -3.07. The predicted octanol–water partition coefficient (Wildman–Crippen LogP) is 3.11. The van der Waals surface area contributed by atoms with Gasteiger partial charge in [0.15, 0.2) is 0 Å². The molecular formula is C12H11Br2N2O5P. The molecule has 7 nitrogen and oxygen atoms in total. The Hall–Kier alpha value is -0.670. The van der Waals surface area contributed by atoms with Crippen molar-refractivity contribution in [1.82, 2.24) is 9.97 Å². The average Bonchev–Trinajstić information content (AvgIpc) is 2.47. The van der Waals surface area contributed by atoms with Crippen molar-refractivity contribution in [3.63, 3.8) is 0 Å². The van der Waals surface area contributed by atoms with Crippen molar-refractivity contribution in [3.05, 3.63) is 57.0 Å². The quantitative estimate of drug-likeness (QED) is 0.393. The predicted molar refractivity (Wildman–Crippen MR) is 85.0 cm³/mol. The molecule has 0 fully saturated rings. The maximum absolute atomic E-state index is 11.7. The van der Waals surface area contributed by atoms with Crippen LogP contribution in [0.2, 0.25) is 0 Å². The molecule has 0 aliphatic carbocycles. The molecule has 2 aromatic rings. The Labute approximate surface area is 143 Å². The van der Waals surface area contributed by atoms with Crippen molar-refractivity contribution < 1.29 is 23.8 Å². The van der Waals surface area contributed by atoms with E-state index in [0.717, 1.165) is 0 Å². The molecule has 0 bridgehead atoms. The van der Waals surface area contributed by atoms with Crippen LogP contribution in [-0.4, -0.2) is 20.2 Å². The van der Waals surface area contributed by atoms with Gasteiger partial charge in [0.2, 0.25) is 12.6 Å². The van der Waals surface area contributed by atoms with Gasteiger partial charge in [0, 0.05) is 0 Å². The second kappa shape index (κ2) is 8.26. The van der Waals surface area contributed by atoms with E-state index in [1.165, 1.54) is 12.1 Å². The summed E-state index contributed by atoms with van der Waals surface area (Å²) in [5.41, 5.74) is 0.317. The molecule has 0 aromatic carbocycles. The van der Waals surface area contributed by atoms with E-state index in [1.54, 1.807) is 24.3 Å². The van der Waals surface area contributed by atoms with Gasteiger partial charge in [-0.25, -0.2) is 9.97 Å². The molecule has 0 aliphatic heterocycles. The second-order valence-corrected chi connectivity index (χ2v) is 6.56. The largest absolute Gasteiger partial charge is 0.363 e. The Morgan fingerprint density at radius 3 is 1.68 bits per heavy atom. The highest BCUT2D eigenvalue weighted by Gasteiger charge is 2.18. The number of aliphatic hydroxyl groups is 2. The third-order valence-electron chi connectivity index (χ3n) is 2.40. The number of halogens is 2. The van der Waals surface area contributed by atoms with Gasteiger partial charge in [-0.3, -0.25) is 13.6 Å². The number of hydrogen-bond acceptors (Lipinski definition) is 7. The zero-order valence-electron chi connectivity index (χ0n) is 10.9. The first-order valence-corrected chi connectivity index (χ1v) is 8.75. The third kappa shape index (κ3) is 5.20. The number of aromatic nitrogens is 2. The molecule has 2 aromatic heterocycles. The van der Waals surface area contributed by atoms with E-state index >= 15 is 0 Å². The van der Waals surface area contributed by atoms with Gasteiger partial charge in [0.25, 0.3) is 0 Å². The number of hydrogen-bond donors (Lipinski definition) is 2. The zero-order valence-corrected chi connectivity index (χ0v) is 15.1. The summed E-state index contributed by atoms with van der Waals surface area (Å²) in [4.78, 5) is 7.92. The minimum Gasteiger partial charge on any atom is -0.363 e. The van der Waals surface area contributed by atoms with Gasteiger partial charge in [0.05, 0.1) is 11.4 Å². The first kappa shape index (κ1) is 17.7. The number of nitrogens with zero attached hydrogens (tertiary/aromatic N) is 2. The van der Waals surface area contributed by atoms with Gasteiger partial charge in [0.1, 0.15) is 9.21 Å².